The van der Waals surface area contributed by atoms with E-state index < -0.39 is 0 Å². The number of hydrogen-bond donors (Lipinski definition) is 1. The zero-order valence-corrected chi connectivity index (χ0v) is 11.9. The number of benzene rings is 1. The number of ether oxygens (including phenoxy) is 1. The Kier molecular flexibility index (Phi) is 5.20. The third-order valence-electron chi connectivity index (χ3n) is 4.15. The zero-order valence-electron chi connectivity index (χ0n) is 11.9. The van der Waals surface area contributed by atoms with Gasteiger partial charge in [-0.25, -0.2) is 4.39 Å². The van der Waals surface area contributed by atoms with E-state index in [-0.39, 0.29) is 5.82 Å². The van der Waals surface area contributed by atoms with Crippen molar-refractivity contribution in [3.05, 3.63) is 29.6 Å². The Hall–Kier alpha value is -1.09. The van der Waals surface area contributed by atoms with E-state index in [0.29, 0.717) is 17.6 Å². The normalized spacial score (nSPS) is 22.1. The first-order chi connectivity index (χ1) is 9.26. The highest BCUT2D eigenvalue weighted by Crippen LogP contribution is 2.37. The lowest BCUT2D eigenvalue weighted by molar-refractivity contribution is 0.169. The molecule has 3 heteroatoms. The average molecular weight is 265 g/mol. The van der Waals surface area contributed by atoms with Gasteiger partial charge in [0.05, 0.1) is 7.11 Å². The highest BCUT2D eigenvalue weighted by atomic mass is 19.1. The first-order valence-electron chi connectivity index (χ1n) is 7.28. The van der Waals surface area contributed by atoms with Gasteiger partial charge in [-0.2, -0.15) is 0 Å². The molecule has 0 saturated heterocycles. The smallest absolute Gasteiger partial charge is 0.168 e. The summed E-state index contributed by atoms with van der Waals surface area (Å²) in [5.74, 6) is 1.50. The molecule has 106 valence electrons. The minimum atomic E-state index is -0.183. The van der Waals surface area contributed by atoms with Crippen molar-refractivity contribution in [1.82, 2.24) is 5.32 Å². The highest BCUT2D eigenvalue weighted by Gasteiger charge is 2.31. The average Bonchev–Trinajstić information content (AvgIpc) is 2.41. The second kappa shape index (κ2) is 6.90. The summed E-state index contributed by atoms with van der Waals surface area (Å²) in [5.41, 5.74) is 0.796. The van der Waals surface area contributed by atoms with Gasteiger partial charge in [0.25, 0.3) is 0 Å². The van der Waals surface area contributed by atoms with Crippen LogP contribution in [-0.4, -0.2) is 20.2 Å². The fraction of sp³-hybridized carbons (Fsp3) is 0.625. The van der Waals surface area contributed by atoms with Crippen molar-refractivity contribution in [3.8, 4) is 5.75 Å². The van der Waals surface area contributed by atoms with E-state index in [9.17, 15) is 4.39 Å². The minimum absolute atomic E-state index is 0.183. The topological polar surface area (TPSA) is 21.3 Å². The second-order valence-electron chi connectivity index (χ2n) is 5.44. The Morgan fingerprint density at radius 1 is 1.32 bits per heavy atom. The third-order valence-corrected chi connectivity index (χ3v) is 4.15. The number of halogens is 1. The summed E-state index contributed by atoms with van der Waals surface area (Å²) < 4.78 is 19.1. The summed E-state index contributed by atoms with van der Waals surface area (Å²) in [4.78, 5) is 0. The van der Waals surface area contributed by atoms with Crippen LogP contribution in [0.3, 0.4) is 0 Å². The molecule has 1 saturated carbocycles. The van der Waals surface area contributed by atoms with E-state index in [0.717, 1.165) is 25.1 Å². The van der Waals surface area contributed by atoms with E-state index in [2.05, 4.69) is 12.2 Å². The summed E-state index contributed by atoms with van der Waals surface area (Å²) in [5, 5.41) is 3.47. The molecule has 0 aliphatic heterocycles. The number of methoxy groups -OCH3 is 1. The summed E-state index contributed by atoms with van der Waals surface area (Å²) in [6, 6.07) is 5.44. The van der Waals surface area contributed by atoms with Gasteiger partial charge in [-0.1, -0.05) is 19.1 Å². The number of rotatable bonds is 7. The van der Waals surface area contributed by atoms with E-state index in [1.54, 1.807) is 6.07 Å². The summed E-state index contributed by atoms with van der Waals surface area (Å²) in [6.45, 7) is 4.33. The molecular formula is C16H24FNO. The van der Waals surface area contributed by atoms with E-state index in [1.807, 2.05) is 12.1 Å². The standard InChI is InChI=1S/C16H24FNO/c1-3-9-18-11-14-8-7-12(14)10-13-5-4-6-15(19-2)16(13)17/h4-6,12,14,18H,3,7-11H2,1-2H3. The summed E-state index contributed by atoms with van der Waals surface area (Å²) >= 11 is 0. The molecular weight excluding hydrogens is 241 g/mol. The van der Waals surface area contributed by atoms with Crippen molar-refractivity contribution in [2.24, 2.45) is 11.8 Å². The molecule has 19 heavy (non-hydrogen) atoms. The van der Waals surface area contributed by atoms with Crippen molar-refractivity contribution in [3.63, 3.8) is 0 Å². The lowest BCUT2D eigenvalue weighted by Gasteiger charge is -2.37. The third kappa shape index (κ3) is 3.47. The molecule has 2 rings (SSSR count). The molecule has 0 heterocycles. The predicted octanol–water partition coefficient (Wildman–Crippen LogP) is 3.40. The first kappa shape index (κ1) is 14.3. The van der Waals surface area contributed by atoms with Crippen LogP contribution in [0.25, 0.3) is 0 Å². The maximum Gasteiger partial charge on any atom is 0.168 e. The molecule has 0 amide bonds. The van der Waals surface area contributed by atoms with Gasteiger partial charge in [0.1, 0.15) is 0 Å². The molecule has 1 aromatic carbocycles. The predicted molar refractivity (Wildman–Crippen MR) is 76.0 cm³/mol. The zero-order chi connectivity index (χ0) is 13.7. The molecule has 1 N–H and O–H groups in total. The summed E-state index contributed by atoms with van der Waals surface area (Å²) in [6.07, 6.45) is 4.49. The van der Waals surface area contributed by atoms with Crippen LogP contribution in [0, 0.1) is 17.7 Å². The maximum absolute atomic E-state index is 14.1. The van der Waals surface area contributed by atoms with E-state index in [4.69, 9.17) is 4.74 Å². The van der Waals surface area contributed by atoms with Crippen LogP contribution in [0.5, 0.6) is 5.75 Å². The van der Waals surface area contributed by atoms with Gasteiger partial charge >= 0.3 is 0 Å². The van der Waals surface area contributed by atoms with E-state index >= 15 is 0 Å². The fourth-order valence-corrected chi connectivity index (χ4v) is 2.79. The Bertz CT molecular complexity index is 408. The van der Waals surface area contributed by atoms with Gasteiger partial charge in [-0.05, 0) is 62.2 Å². The Morgan fingerprint density at radius 2 is 2.11 bits per heavy atom. The van der Waals surface area contributed by atoms with E-state index in [1.165, 1.54) is 26.4 Å². The first-order valence-corrected chi connectivity index (χ1v) is 7.28. The van der Waals surface area contributed by atoms with Crippen molar-refractivity contribution in [1.29, 1.82) is 0 Å². The van der Waals surface area contributed by atoms with Gasteiger partial charge in [-0.3, -0.25) is 0 Å². The molecule has 1 fully saturated rings. The molecule has 0 radical (unpaired) electrons. The molecule has 1 aromatic rings. The van der Waals surface area contributed by atoms with Crippen LogP contribution in [0.2, 0.25) is 0 Å². The highest BCUT2D eigenvalue weighted by molar-refractivity contribution is 5.31. The van der Waals surface area contributed by atoms with Gasteiger partial charge in [-0.15, -0.1) is 0 Å². The van der Waals surface area contributed by atoms with Crippen LogP contribution >= 0.6 is 0 Å². The van der Waals surface area contributed by atoms with Crippen LogP contribution in [0.1, 0.15) is 31.7 Å². The number of hydrogen-bond acceptors (Lipinski definition) is 2. The lowest BCUT2D eigenvalue weighted by atomic mass is 9.70. The lowest BCUT2D eigenvalue weighted by Crippen LogP contribution is -2.36. The van der Waals surface area contributed by atoms with Crippen molar-refractivity contribution in [2.75, 3.05) is 20.2 Å². The van der Waals surface area contributed by atoms with Crippen molar-refractivity contribution < 1.29 is 9.13 Å². The largest absolute Gasteiger partial charge is 0.494 e. The van der Waals surface area contributed by atoms with Crippen LogP contribution in [-0.2, 0) is 6.42 Å². The molecule has 0 aromatic heterocycles. The molecule has 0 spiro atoms. The molecule has 1 aliphatic carbocycles. The molecule has 2 nitrogen and oxygen atoms in total. The van der Waals surface area contributed by atoms with Gasteiger partial charge in [0.15, 0.2) is 11.6 Å². The number of nitrogens with one attached hydrogen (secondary N) is 1. The summed E-state index contributed by atoms with van der Waals surface area (Å²) in [7, 11) is 1.52. The van der Waals surface area contributed by atoms with Gasteiger partial charge in [0.2, 0.25) is 0 Å². The maximum atomic E-state index is 14.1. The molecule has 2 atom stereocenters. The van der Waals surface area contributed by atoms with Crippen LogP contribution in [0.4, 0.5) is 4.39 Å². The van der Waals surface area contributed by atoms with Crippen LogP contribution < -0.4 is 10.1 Å². The molecule has 0 bridgehead atoms. The second-order valence-corrected chi connectivity index (χ2v) is 5.44. The monoisotopic (exact) mass is 265 g/mol. The molecule has 1 aliphatic rings. The van der Waals surface area contributed by atoms with Gasteiger partial charge < -0.3 is 10.1 Å². The van der Waals surface area contributed by atoms with Crippen molar-refractivity contribution >= 4 is 0 Å². The fourth-order valence-electron chi connectivity index (χ4n) is 2.79. The Labute approximate surface area is 115 Å². The van der Waals surface area contributed by atoms with Gasteiger partial charge in [0, 0.05) is 0 Å². The Balaban J connectivity index is 1.90. The van der Waals surface area contributed by atoms with Crippen molar-refractivity contribution in [2.45, 2.75) is 32.6 Å². The minimum Gasteiger partial charge on any atom is -0.494 e. The Morgan fingerprint density at radius 3 is 2.74 bits per heavy atom. The SMILES string of the molecule is CCCNCC1CCC1Cc1cccc(OC)c1F. The van der Waals surface area contributed by atoms with Crippen LogP contribution in [0.15, 0.2) is 18.2 Å². The molecule has 2 unspecified atom stereocenters. The quantitative estimate of drug-likeness (QED) is 0.763.